The molecule has 16 heavy (non-hydrogen) atoms. The van der Waals surface area contributed by atoms with Crippen molar-refractivity contribution in [3.05, 3.63) is 23.6 Å². The topological polar surface area (TPSA) is 81.7 Å². The summed E-state index contributed by atoms with van der Waals surface area (Å²) < 4.78 is 1.87. The first kappa shape index (κ1) is 11.2. The molecule has 84 valence electrons. The third-order valence-electron chi connectivity index (χ3n) is 1.81. The van der Waals surface area contributed by atoms with Crippen molar-refractivity contribution in [2.45, 2.75) is 10.2 Å². The van der Waals surface area contributed by atoms with Crippen molar-refractivity contribution in [3.63, 3.8) is 0 Å². The molecule has 2 aromatic heterocycles. The summed E-state index contributed by atoms with van der Waals surface area (Å²) in [6, 6.07) is 0. The molecule has 0 spiro atoms. The van der Waals surface area contributed by atoms with Crippen LogP contribution >= 0.6 is 23.4 Å². The minimum atomic E-state index is 0.320. The molecule has 0 aromatic carbocycles. The fourth-order valence-electron chi connectivity index (χ4n) is 1.03. The number of hydrogen-bond acceptors (Lipinski definition) is 6. The van der Waals surface area contributed by atoms with Crippen molar-refractivity contribution in [2.75, 3.05) is 5.43 Å². The summed E-state index contributed by atoms with van der Waals surface area (Å²) in [5, 5.41) is 1.87. The molecule has 2 rings (SSSR count). The molecule has 2 aromatic rings. The fourth-order valence-corrected chi connectivity index (χ4v) is 2.01. The quantitative estimate of drug-likeness (QED) is 0.489. The normalized spacial score (nSPS) is 10.4. The van der Waals surface area contributed by atoms with E-state index in [0.717, 1.165) is 5.16 Å². The number of hydrazine groups is 1. The number of anilines is 1. The van der Waals surface area contributed by atoms with Crippen LogP contribution in [-0.2, 0) is 7.05 Å². The number of nitrogen functional groups attached to an aromatic ring is 1. The highest BCUT2D eigenvalue weighted by atomic mass is 35.5. The summed E-state index contributed by atoms with van der Waals surface area (Å²) in [6.45, 7) is 0. The van der Waals surface area contributed by atoms with Gasteiger partial charge in [-0.15, -0.1) is 0 Å². The minimum absolute atomic E-state index is 0.320. The number of nitrogens with zero attached hydrogens (tertiary/aromatic N) is 4. The summed E-state index contributed by atoms with van der Waals surface area (Å²) >= 11 is 7.32. The average molecular weight is 257 g/mol. The number of aromatic nitrogens is 4. The number of hydrogen-bond donors (Lipinski definition) is 2. The van der Waals surface area contributed by atoms with E-state index in [1.807, 2.05) is 17.8 Å². The van der Waals surface area contributed by atoms with Crippen LogP contribution in [0.4, 0.5) is 5.95 Å². The Labute approximate surface area is 101 Å². The van der Waals surface area contributed by atoms with Crippen LogP contribution in [0.2, 0.25) is 5.02 Å². The van der Waals surface area contributed by atoms with Crippen LogP contribution in [0.25, 0.3) is 0 Å². The number of rotatable bonds is 3. The van der Waals surface area contributed by atoms with Crippen LogP contribution < -0.4 is 11.3 Å². The number of nitrogens with two attached hydrogens (primary N) is 1. The maximum atomic E-state index is 5.97. The Balaban J connectivity index is 2.30. The molecule has 0 radical (unpaired) electrons. The number of nitrogens with one attached hydrogen (secondary N) is 1. The molecule has 2 heterocycles. The van der Waals surface area contributed by atoms with E-state index >= 15 is 0 Å². The predicted molar refractivity (Wildman–Crippen MR) is 62.2 cm³/mol. The van der Waals surface area contributed by atoms with Gasteiger partial charge in [-0.25, -0.2) is 20.8 Å². The summed E-state index contributed by atoms with van der Waals surface area (Å²) in [4.78, 5) is 12.2. The largest absolute Gasteiger partial charge is 0.329 e. The van der Waals surface area contributed by atoms with Gasteiger partial charge in [-0.05, 0) is 11.8 Å². The summed E-state index contributed by atoms with van der Waals surface area (Å²) in [5.74, 6) is 5.54. The SMILES string of the molecule is Cn1ccnc1Sc1nc(NN)ncc1Cl. The Morgan fingerprint density at radius 3 is 2.94 bits per heavy atom. The molecule has 3 N–H and O–H groups in total. The van der Waals surface area contributed by atoms with Crippen molar-refractivity contribution in [3.8, 4) is 0 Å². The lowest BCUT2D eigenvalue weighted by atomic mass is 10.7. The highest BCUT2D eigenvalue weighted by Crippen LogP contribution is 2.30. The maximum absolute atomic E-state index is 5.97. The molecule has 8 heteroatoms. The van der Waals surface area contributed by atoms with Gasteiger partial charge in [0.25, 0.3) is 0 Å². The maximum Gasteiger partial charge on any atom is 0.238 e. The third kappa shape index (κ3) is 2.26. The van der Waals surface area contributed by atoms with Gasteiger partial charge < -0.3 is 4.57 Å². The molecule has 0 amide bonds. The van der Waals surface area contributed by atoms with Crippen LogP contribution in [0, 0.1) is 0 Å². The van der Waals surface area contributed by atoms with Gasteiger partial charge in [0.2, 0.25) is 5.95 Å². The second-order valence-corrected chi connectivity index (χ2v) is 4.28. The molecule has 0 unspecified atom stereocenters. The minimum Gasteiger partial charge on any atom is -0.329 e. The van der Waals surface area contributed by atoms with E-state index in [2.05, 4.69) is 20.4 Å². The number of aryl methyl sites for hydroxylation is 1. The Hall–Kier alpha value is -1.31. The standard InChI is InChI=1S/C8H9ClN6S/c1-15-3-2-11-8(15)16-6-5(9)4-12-7(13-6)14-10/h2-4H,10H2,1H3,(H,12,13,14). The lowest BCUT2D eigenvalue weighted by Gasteiger charge is -2.04. The van der Waals surface area contributed by atoms with Crippen LogP contribution in [0.3, 0.4) is 0 Å². The molecule has 0 aliphatic heterocycles. The Kier molecular flexibility index (Phi) is 3.28. The lowest BCUT2D eigenvalue weighted by molar-refractivity contribution is 0.788. The van der Waals surface area contributed by atoms with Crippen molar-refractivity contribution in [1.29, 1.82) is 0 Å². The van der Waals surface area contributed by atoms with Crippen molar-refractivity contribution in [1.82, 2.24) is 19.5 Å². The average Bonchev–Trinajstić information content (AvgIpc) is 2.68. The predicted octanol–water partition coefficient (Wildman–Crippen LogP) is 1.30. The molecular weight excluding hydrogens is 248 g/mol. The second-order valence-electron chi connectivity index (χ2n) is 2.91. The Bertz CT molecular complexity index is 499. The highest BCUT2D eigenvalue weighted by molar-refractivity contribution is 7.99. The van der Waals surface area contributed by atoms with E-state index in [0.29, 0.717) is 16.0 Å². The molecule has 0 saturated carbocycles. The fraction of sp³-hybridized carbons (Fsp3) is 0.125. The zero-order valence-corrected chi connectivity index (χ0v) is 9.96. The first-order valence-electron chi connectivity index (χ1n) is 4.35. The van der Waals surface area contributed by atoms with Gasteiger partial charge >= 0.3 is 0 Å². The van der Waals surface area contributed by atoms with E-state index in [1.54, 1.807) is 6.20 Å². The summed E-state index contributed by atoms with van der Waals surface area (Å²) in [7, 11) is 1.90. The van der Waals surface area contributed by atoms with E-state index in [9.17, 15) is 0 Å². The monoisotopic (exact) mass is 256 g/mol. The van der Waals surface area contributed by atoms with Crippen LogP contribution in [0.1, 0.15) is 0 Å². The molecule has 0 bridgehead atoms. The van der Waals surface area contributed by atoms with E-state index < -0.39 is 0 Å². The first-order valence-corrected chi connectivity index (χ1v) is 5.54. The summed E-state index contributed by atoms with van der Waals surface area (Å²) in [5.41, 5.74) is 2.37. The van der Waals surface area contributed by atoms with Crippen LogP contribution in [-0.4, -0.2) is 19.5 Å². The van der Waals surface area contributed by atoms with E-state index in [4.69, 9.17) is 17.4 Å². The Morgan fingerprint density at radius 1 is 1.50 bits per heavy atom. The molecule has 0 aliphatic carbocycles. The molecule has 0 fully saturated rings. The molecule has 0 aliphatic rings. The van der Waals surface area contributed by atoms with Gasteiger partial charge in [-0.1, -0.05) is 11.6 Å². The van der Waals surface area contributed by atoms with Crippen LogP contribution in [0.15, 0.2) is 28.8 Å². The number of halogens is 1. The first-order chi connectivity index (χ1) is 7.70. The second kappa shape index (κ2) is 4.69. The van der Waals surface area contributed by atoms with E-state index in [-0.39, 0.29) is 0 Å². The van der Waals surface area contributed by atoms with Gasteiger partial charge in [-0.3, -0.25) is 5.43 Å². The molecular formula is C8H9ClN6S. The van der Waals surface area contributed by atoms with Crippen molar-refractivity contribution < 1.29 is 0 Å². The van der Waals surface area contributed by atoms with Crippen LogP contribution in [0.5, 0.6) is 0 Å². The highest BCUT2D eigenvalue weighted by Gasteiger charge is 2.09. The lowest BCUT2D eigenvalue weighted by Crippen LogP contribution is -2.10. The number of imidazole rings is 1. The zero-order chi connectivity index (χ0) is 11.5. The van der Waals surface area contributed by atoms with Gasteiger partial charge in [0, 0.05) is 19.4 Å². The molecule has 6 nitrogen and oxygen atoms in total. The van der Waals surface area contributed by atoms with Gasteiger partial charge in [0.15, 0.2) is 5.16 Å². The van der Waals surface area contributed by atoms with Gasteiger partial charge in [0.05, 0.1) is 11.2 Å². The van der Waals surface area contributed by atoms with E-state index in [1.165, 1.54) is 18.0 Å². The molecule has 0 saturated heterocycles. The van der Waals surface area contributed by atoms with Gasteiger partial charge in [-0.2, -0.15) is 0 Å². The smallest absolute Gasteiger partial charge is 0.238 e. The Morgan fingerprint density at radius 2 is 2.31 bits per heavy atom. The summed E-state index contributed by atoms with van der Waals surface area (Å²) in [6.07, 6.45) is 5.05. The van der Waals surface area contributed by atoms with Crippen molar-refractivity contribution >= 4 is 29.3 Å². The third-order valence-corrected chi connectivity index (χ3v) is 3.28. The van der Waals surface area contributed by atoms with Gasteiger partial charge in [0.1, 0.15) is 5.03 Å². The zero-order valence-electron chi connectivity index (χ0n) is 8.38. The molecule has 0 atom stereocenters. The van der Waals surface area contributed by atoms with Crippen molar-refractivity contribution in [2.24, 2.45) is 12.9 Å².